The molecule has 3 rings (SSSR count). The van der Waals surface area contributed by atoms with Crippen molar-refractivity contribution in [1.29, 1.82) is 0 Å². The van der Waals surface area contributed by atoms with E-state index in [4.69, 9.17) is 9.47 Å². The monoisotopic (exact) mass is 219 g/mol. The second-order valence-corrected chi connectivity index (χ2v) is 4.38. The van der Waals surface area contributed by atoms with E-state index in [1.807, 2.05) is 12.1 Å². The van der Waals surface area contributed by atoms with E-state index < -0.39 is 0 Å². The number of carbonyl (C=O) groups is 1. The van der Waals surface area contributed by atoms with Crippen molar-refractivity contribution in [2.75, 3.05) is 12.1 Å². The summed E-state index contributed by atoms with van der Waals surface area (Å²) in [7, 11) is 0. The molecule has 0 aromatic heterocycles. The van der Waals surface area contributed by atoms with Gasteiger partial charge in [-0.1, -0.05) is 6.92 Å². The van der Waals surface area contributed by atoms with Gasteiger partial charge in [-0.25, -0.2) is 0 Å². The Morgan fingerprint density at radius 3 is 2.88 bits per heavy atom. The smallest absolute Gasteiger partial charge is 0.231 e. The van der Waals surface area contributed by atoms with Crippen LogP contribution < -0.4 is 14.8 Å². The minimum absolute atomic E-state index is 0.103. The van der Waals surface area contributed by atoms with Gasteiger partial charge in [0.1, 0.15) is 0 Å². The Morgan fingerprint density at radius 1 is 1.38 bits per heavy atom. The molecular formula is C12H13NO3. The lowest BCUT2D eigenvalue weighted by Crippen LogP contribution is -2.14. The molecule has 0 saturated heterocycles. The van der Waals surface area contributed by atoms with Crippen LogP contribution in [0.2, 0.25) is 0 Å². The van der Waals surface area contributed by atoms with Gasteiger partial charge in [0.05, 0.1) is 0 Å². The summed E-state index contributed by atoms with van der Waals surface area (Å²) >= 11 is 0. The third-order valence-electron chi connectivity index (χ3n) is 3.09. The van der Waals surface area contributed by atoms with Crippen molar-refractivity contribution in [3.63, 3.8) is 0 Å². The number of ether oxygens (including phenoxy) is 2. The molecule has 1 aromatic rings. The van der Waals surface area contributed by atoms with Crippen LogP contribution in [0.4, 0.5) is 5.69 Å². The number of anilines is 1. The van der Waals surface area contributed by atoms with Crippen LogP contribution in [-0.4, -0.2) is 12.7 Å². The fourth-order valence-electron chi connectivity index (χ4n) is 1.90. The minimum atomic E-state index is 0.103. The highest BCUT2D eigenvalue weighted by molar-refractivity contribution is 5.94. The Bertz CT molecular complexity index is 444. The van der Waals surface area contributed by atoms with Crippen molar-refractivity contribution in [3.05, 3.63) is 18.2 Å². The molecule has 2 aliphatic rings. The average Bonchev–Trinajstić information content (AvgIpc) is 2.83. The molecule has 1 N–H and O–H groups in total. The van der Waals surface area contributed by atoms with Crippen LogP contribution >= 0.6 is 0 Å². The van der Waals surface area contributed by atoms with Gasteiger partial charge < -0.3 is 14.8 Å². The third kappa shape index (κ3) is 1.60. The first-order valence-electron chi connectivity index (χ1n) is 5.44. The Hall–Kier alpha value is -1.71. The highest BCUT2D eigenvalue weighted by Crippen LogP contribution is 2.39. The quantitative estimate of drug-likeness (QED) is 0.827. The molecule has 1 amide bonds. The molecule has 84 valence electrons. The molecule has 0 spiro atoms. The highest BCUT2D eigenvalue weighted by atomic mass is 16.7. The van der Waals surface area contributed by atoms with E-state index in [0.717, 1.165) is 17.9 Å². The van der Waals surface area contributed by atoms with Gasteiger partial charge >= 0.3 is 0 Å². The van der Waals surface area contributed by atoms with Crippen LogP contribution in [0.5, 0.6) is 11.5 Å². The van der Waals surface area contributed by atoms with Crippen LogP contribution in [0.3, 0.4) is 0 Å². The standard InChI is InChI=1S/C12H13NO3/c1-7-4-9(7)12(14)13-8-2-3-10-11(5-8)16-6-15-10/h2-3,5,7,9H,4,6H2,1H3,(H,13,14). The number of fused-ring (bicyclic) bond motifs is 1. The first kappa shape index (κ1) is 9.51. The average molecular weight is 219 g/mol. The summed E-state index contributed by atoms with van der Waals surface area (Å²) in [5.41, 5.74) is 0.772. The lowest BCUT2D eigenvalue weighted by molar-refractivity contribution is -0.117. The lowest BCUT2D eigenvalue weighted by atomic mass is 10.2. The fraction of sp³-hybridized carbons (Fsp3) is 0.417. The molecule has 4 nitrogen and oxygen atoms in total. The normalized spacial score (nSPS) is 25.3. The number of nitrogens with one attached hydrogen (secondary N) is 1. The molecule has 1 aliphatic heterocycles. The first-order valence-corrected chi connectivity index (χ1v) is 5.44. The van der Waals surface area contributed by atoms with E-state index in [1.165, 1.54) is 0 Å². The van der Waals surface area contributed by atoms with Crippen LogP contribution in [0.1, 0.15) is 13.3 Å². The molecule has 1 heterocycles. The van der Waals surface area contributed by atoms with Crippen LogP contribution in [-0.2, 0) is 4.79 Å². The SMILES string of the molecule is CC1CC1C(=O)Nc1ccc2c(c1)OCO2. The Balaban J connectivity index is 1.73. The van der Waals surface area contributed by atoms with Gasteiger partial charge in [-0.15, -0.1) is 0 Å². The van der Waals surface area contributed by atoms with Crippen LogP contribution in [0.15, 0.2) is 18.2 Å². The zero-order valence-electron chi connectivity index (χ0n) is 9.03. The summed E-state index contributed by atoms with van der Waals surface area (Å²) in [6.45, 7) is 2.34. The first-order chi connectivity index (χ1) is 7.74. The molecule has 1 aromatic carbocycles. The predicted molar refractivity (Wildman–Crippen MR) is 58.5 cm³/mol. The fourth-order valence-corrected chi connectivity index (χ4v) is 1.90. The topological polar surface area (TPSA) is 47.6 Å². The number of hydrogen-bond donors (Lipinski definition) is 1. The summed E-state index contributed by atoms with van der Waals surface area (Å²) in [4.78, 5) is 11.7. The van der Waals surface area contributed by atoms with E-state index in [-0.39, 0.29) is 18.6 Å². The van der Waals surface area contributed by atoms with Crippen molar-refractivity contribution in [3.8, 4) is 11.5 Å². The molecule has 2 unspecified atom stereocenters. The third-order valence-corrected chi connectivity index (χ3v) is 3.09. The number of benzene rings is 1. The lowest BCUT2D eigenvalue weighted by Gasteiger charge is -2.05. The van der Waals surface area contributed by atoms with Crippen molar-refractivity contribution >= 4 is 11.6 Å². The van der Waals surface area contributed by atoms with Gasteiger partial charge in [-0.05, 0) is 24.5 Å². The zero-order chi connectivity index (χ0) is 11.1. The number of amides is 1. The molecule has 4 heteroatoms. The summed E-state index contributed by atoms with van der Waals surface area (Å²) in [6.07, 6.45) is 0.996. The molecule has 0 radical (unpaired) electrons. The van der Waals surface area contributed by atoms with Crippen molar-refractivity contribution < 1.29 is 14.3 Å². The Morgan fingerprint density at radius 2 is 2.12 bits per heavy atom. The molecule has 1 fully saturated rings. The van der Waals surface area contributed by atoms with Gasteiger partial charge in [0.15, 0.2) is 11.5 Å². The number of hydrogen-bond acceptors (Lipinski definition) is 3. The van der Waals surface area contributed by atoms with E-state index >= 15 is 0 Å². The maximum Gasteiger partial charge on any atom is 0.231 e. The molecule has 0 bridgehead atoms. The van der Waals surface area contributed by atoms with E-state index in [9.17, 15) is 4.79 Å². The van der Waals surface area contributed by atoms with E-state index in [1.54, 1.807) is 6.07 Å². The van der Waals surface area contributed by atoms with Gasteiger partial charge in [-0.3, -0.25) is 4.79 Å². The zero-order valence-corrected chi connectivity index (χ0v) is 9.03. The number of rotatable bonds is 2. The molecule has 1 saturated carbocycles. The summed E-state index contributed by atoms with van der Waals surface area (Å²) in [5.74, 6) is 2.24. The minimum Gasteiger partial charge on any atom is -0.454 e. The molecule has 16 heavy (non-hydrogen) atoms. The number of carbonyl (C=O) groups excluding carboxylic acids is 1. The van der Waals surface area contributed by atoms with Gasteiger partial charge in [0.2, 0.25) is 12.7 Å². The largest absolute Gasteiger partial charge is 0.454 e. The predicted octanol–water partition coefficient (Wildman–Crippen LogP) is 2.01. The van der Waals surface area contributed by atoms with Gasteiger partial charge in [0, 0.05) is 17.7 Å². The Kier molecular flexibility index (Phi) is 2.02. The Labute approximate surface area is 93.5 Å². The highest BCUT2D eigenvalue weighted by Gasteiger charge is 2.39. The van der Waals surface area contributed by atoms with Crippen LogP contribution in [0, 0.1) is 11.8 Å². The maximum atomic E-state index is 11.7. The van der Waals surface area contributed by atoms with Crippen molar-refractivity contribution in [2.45, 2.75) is 13.3 Å². The molecular weight excluding hydrogens is 206 g/mol. The van der Waals surface area contributed by atoms with Crippen molar-refractivity contribution in [2.24, 2.45) is 11.8 Å². The molecule has 2 atom stereocenters. The summed E-state index contributed by atoms with van der Waals surface area (Å²) in [6, 6.07) is 5.44. The summed E-state index contributed by atoms with van der Waals surface area (Å²) in [5, 5.41) is 2.89. The van der Waals surface area contributed by atoms with Gasteiger partial charge in [0.25, 0.3) is 0 Å². The second kappa shape index (κ2) is 3.40. The van der Waals surface area contributed by atoms with E-state index in [2.05, 4.69) is 12.2 Å². The van der Waals surface area contributed by atoms with Crippen molar-refractivity contribution in [1.82, 2.24) is 0 Å². The second-order valence-electron chi connectivity index (χ2n) is 4.38. The molecule has 1 aliphatic carbocycles. The maximum absolute atomic E-state index is 11.7. The van der Waals surface area contributed by atoms with Gasteiger partial charge in [-0.2, -0.15) is 0 Å². The van der Waals surface area contributed by atoms with Crippen LogP contribution in [0.25, 0.3) is 0 Å². The summed E-state index contributed by atoms with van der Waals surface area (Å²) < 4.78 is 10.4. The van der Waals surface area contributed by atoms with E-state index in [0.29, 0.717) is 11.7 Å².